The number of nitrogens with zero attached hydrogens (tertiary/aromatic N) is 2. The molecule has 0 unspecified atom stereocenters. The van der Waals surface area contributed by atoms with Crippen molar-refractivity contribution in [3.05, 3.63) is 64.0 Å². The van der Waals surface area contributed by atoms with Gasteiger partial charge in [0.1, 0.15) is 5.75 Å². The van der Waals surface area contributed by atoms with Crippen LogP contribution < -0.4 is 10.1 Å². The number of benzene rings is 2. The summed E-state index contributed by atoms with van der Waals surface area (Å²) in [5.41, 5.74) is 3.22. The minimum absolute atomic E-state index is 0.0986. The second kappa shape index (κ2) is 9.01. The molecule has 1 amide bonds. The third-order valence-corrected chi connectivity index (χ3v) is 4.82. The van der Waals surface area contributed by atoms with Crippen molar-refractivity contribution < 1.29 is 14.1 Å². The summed E-state index contributed by atoms with van der Waals surface area (Å²) in [6.07, 6.45) is 0. The van der Waals surface area contributed by atoms with Crippen LogP contribution in [0.5, 0.6) is 5.75 Å². The maximum Gasteiger partial charge on any atom is 0.258 e. The van der Waals surface area contributed by atoms with Crippen LogP contribution in [0.25, 0.3) is 11.4 Å². The Morgan fingerprint density at radius 3 is 2.64 bits per heavy atom. The zero-order valence-corrected chi connectivity index (χ0v) is 17.6. The van der Waals surface area contributed by atoms with Gasteiger partial charge in [-0.05, 0) is 46.5 Å². The normalized spacial score (nSPS) is 10.9. The molecule has 1 heterocycles. The number of halogens is 1. The molecule has 6 nitrogen and oxygen atoms in total. The van der Waals surface area contributed by atoms with Crippen LogP contribution in [-0.2, 0) is 11.3 Å². The van der Waals surface area contributed by atoms with E-state index in [9.17, 15) is 4.79 Å². The molecule has 0 aliphatic heterocycles. The molecule has 0 saturated heterocycles. The van der Waals surface area contributed by atoms with Gasteiger partial charge < -0.3 is 14.6 Å². The van der Waals surface area contributed by atoms with Gasteiger partial charge in [-0.15, -0.1) is 0 Å². The molecule has 7 heteroatoms. The Hall–Kier alpha value is -2.67. The van der Waals surface area contributed by atoms with Gasteiger partial charge in [-0.3, -0.25) is 4.79 Å². The Bertz CT molecular complexity index is 952. The maximum absolute atomic E-state index is 12.0. The van der Waals surface area contributed by atoms with Crippen LogP contribution in [0.2, 0.25) is 0 Å². The fourth-order valence-electron chi connectivity index (χ4n) is 2.51. The molecule has 3 rings (SSSR count). The lowest BCUT2D eigenvalue weighted by atomic mass is 10.0. The van der Waals surface area contributed by atoms with Crippen molar-refractivity contribution in [3.8, 4) is 17.1 Å². The number of rotatable bonds is 7. The number of carbonyl (C=O) groups excluding carboxylic acids is 1. The number of hydrogen-bond donors (Lipinski definition) is 1. The number of carbonyl (C=O) groups is 1. The number of amides is 1. The number of ether oxygens (including phenoxy) is 1. The van der Waals surface area contributed by atoms with E-state index in [4.69, 9.17) is 9.26 Å². The first-order valence-electron chi connectivity index (χ1n) is 9.01. The summed E-state index contributed by atoms with van der Waals surface area (Å²) in [6.45, 7) is 6.31. The Morgan fingerprint density at radius 1 is 1.21 bits per heavy atom. The van der Waals surface area contributed by atoms with E-state index < -0.39 is 0 Å². The van der Waals surface area contributed by atoms with Crippen molar-refractivity contribution in [1.82, 2.24) is 15.5 Å². The third kappa shape index (κ3) is 5.19. The molecule has 0 aliphatic carbocycles. The van der Waals surface area contributed by atoms with Crippen molar-refractivity contribution in [2.75, 3.05) is 6.61 Å². The van der Waals surface area contributed by atoms with E-state index >= 15 is 0 Å². The first-order valence-corrected chi connectivity index (χ1v) is 9.80. The minimum atomic E-state index is -0.269. The largest absolute Gasteiger partial charge is 0.483 e. The highest BCUT2D eigenvalue weighted by Crippen LogP contribution is 2.28. The zero-order chi connectivity index (χ0) is 20.1. The smallest absolute Gasteiger partial charge is 0.258 e. The van der Waals surface area contributed by atoms with Gasteiger partial charge in [-0.2, -0.15) is 4.98 Å². The monoisotopic (exact) mass is 443 g/mol. The fourth-order valence-corrected chi connectivity index (χ4v) is 3.02. The lowest BCUT2D eigenvalue weighted by Crippen LogP contribution is -2.28. The Morgan fingerprint density at radius 2 is 1.96 bits per heavy atom. The standard InChI is InChI=1S/C21H22BrN3O3/c1-13(2)16-8-9-18(17(22)10-16)27-12-19(26)23-11-20-24-21(25-28-20)15-6-4-14(3)5-7-15/h4-10,13H,11-12H2,1-3H3,(H,23,26). The molecule has 1 aromatic heterocycles. The molecule has 0 radical (unpaired) electrons. The quantitative estimate of drug-likeness (QED) is 0.575. The van der Waals surface area contributed by atoms with Crippen molar-refractivity contribution in [3.63, 3.8) is 0 Å². The predicted molar refractivity (Wildman–Crippen MR) is 110 cm³/mol. The van der Waals surface area contributed by atoms with Gasteiger partial charge >= 0.3 is 0 Å². The SMILES string of the molecule is Cc1ccc(-c2noc(CNC(=O)COc3ccc(C(C)C)cc3Br)n2)cc1. The van der Waals surface area contributed by atoms with Gasteiger partial charge in [0.15, 0.2) is 6.61 Å². The highest BCUT2D eigenvalue weighted by molar-refractivity contribution is 9.10. The highest BCUT2D eigenvalue weighted by Gasteiger charge is 2.11. The van der Waals surface area contributed by atoms with Crippen LogP contribution in [0.4, 0.5) is 0 Å². The van der Waals surface area contributed by atoms with Crippen molar-refractivity contribution in [2.45, 2.75) is 33.2 Å². The first-order chi connectivity index (χ1) is 13.4. The summed E-state index contributed by atoms with van der Waals surface area (Å²) in [7, 11) is 0. The van der Waals surface area contributed by atoms with Gasteiger partial charge in [0, 0.05) is 5.56 Å². The van der Waals surface area contributed by atoms with E-state index in [0.29, 0.717) is 23.4 Å². The van der Waals surface area contributed by atoms with E-state index in [1.807, 2.05) is 49.4 Å². The summed E-state index contributed by atoms with van der Waals surface area (Å²) >= 11 is 3.48. The van der Waals surface area contributed by atoms with E-state index in [2.05, 4.69) is 45.2 Å². The molecular formula is C21H22BrN3O3. The molecule has 28 heavy (non-hydrogen) atoms. The first kappa shape index (κ1) is 20.1. The van der Waals surface area contributed by atoms with Crippen LogP contribution in [0.15, 0.2) is 51.5 Å². The van der Waals surface area contributed by atoms with Crippen LogP contribution in [0.1, 0.15) is 36.8 Å². The van der Waals surface area contributed by atoms with Crippen LogP contribution >= 0.6 is 15.9 Å². The summed E-state index contributed by atoms with van der Waals surface area (Å²) < 4.78 is 11.6. The van der Waals surface area contributed by atoms with Crippen molar-refractivity contribution in [1.29, 1.82) is 0 Å². The third-order valence-electron chi connectivity index (χ3n) is 4.20. The summed E-state index contributed by atoms with van der Waals surface area (Å²) in [6, 6.07) is 13.7. The second-order valence-electron chi connectivity index (χ2n) is 6.79. The van der Waals surface area contributed by atoms with Gasteiger partial charge in [-0.1, -0.05) is 54.9 Å². The minimum Gasteiger partial charge on any atom is -0.483 e. The number of aryl methyl sites for hydroxylation is 1. The summed E-state index contributed by atoms with van der Waals surface area (Å²) in [5.74, 6) is 1.61. The van der Waals surface area contributed by atoms with Gasteiger partial charge in [0.05, 0.1) is 11.0 Å². The lowest BCUT2D eigenvalue weighted by molar-refractivity contribution is -0.123. The lowest BCUT2D eigenvalue weighted by Gasteiger charge is -2.11. The molecule has 0 spiro atoms. The molecule has 2 aromatic carbocycles. The molecule has 0 aliphatic rings. The molecule has 1 N–H and O–H groups in total. The second-order valence-corrected chi connectivity index (χ2v) is 7.64. The zero-order valence-electron chi connectivity index (χ0n) is 16.0. The van der Waals surface area contributed by atoms with E-state index in [-0.39, 0.29) is 19.1 Å². The number of hydrogen-bond acceptors (Lipinski definition) is 5. The van der Waals surface area contributed by atoms with Crippen molar-refractivity contribution >= 4 is 21.8 Å². The molecule has 0 atom stereocenters. The van der Waals surface area contributed by atoms with Gasteiger partial charge in [0.2, 0.25) is 11.7 Å². The average molecular weight is 444 g/mol. The molecule has 0 bridgehead atoms. The summed E-state index contributed by atoms with van der Waals surface area (Å²) in [4.78, 5) is 16.3. The molecule has 146 valence electrons. The Kier molecular flexibility index (Phi) is 6.46. The van der Waals surface area contributed by atoms with Crippen LogP contribution in [-0.4, -0.2) is 22.7 Å². The van der Waals surface area contributed by atoms with Gasteiger partial charge in [-0.25, -0.2) is 0 Å². The number of nitrogens with one attached hydrogen (secondary N) is 1. The average Bonchev–Trinajstić information content (AvgIpc) is 3.15. The Balaban J connectivity index is 1.50. The Labute approximate surface area is 172 Å². The van der Waals surface area contributed by atoms with E-state index in [0.717, 1.165) is 15.6 Å². The molecule has 3 aromatic rings. The molecule has 0 fully saturated rings. The molecular weight excluding hydrogens is 422 g/mol. The van der Waals surface area contributed by atoms with E-state index in [1.54, 1.807) is 0 Å². The van der Waals surface area contributed by atoms with Crippen molar-refractivity contribution in [2.24, 2.45) is 0 Å². The summed E-state index contributed by atoms with van der Waals surface area (Å²) in [5, 5.41) is 6.66. The topological polar surface area (TPSA) is 77.2 Å². The molecule has 0 saturated carbocycles. The predicted octanol–water partition coefficient (Wildman–Crippen LogP) is 4.63. The number of aromatic nitrogens is 2. The van der Waals surface area contributed by atoms with E-state index in [1.165, 1.54) is 5.56 Å². The maximum atomic E-state index is 12.0. The van der Waals surface area contributed by atoms with Gasteiger partial charge in [0.25, 0.3) is 5.91 Å². The highest BCUT2D eigenvalue weighted by atomic mass is 79.9. The fraction of sp³-hybridized carbons (Fsp3) is 0.286. The van der Waals surface area contributed by atoms with Crippen LogP contribution in [0, 0.1) is 6.92 Å². The van der Waals surface area contributed by atoms with Crippen LogP contribution in [0.3, 0.4) is 0 Å².